The third-order valence-electron chi connectivity index (χ3n) is 5.11. The van der Waals surface area contributed by atoms with Gasteiger partial charge in [0.15, 0.2) is 11.5 Å². The zero-order valence-electron chi connectivity index (χ0n) is 17.9. The second kappa shape index (κ2) is 9.34. The lowest BCUT2D eigenvalue weighted by molar-refractivity contribution is -0.136. The molecule has 1 aliphatic heterocycles. The van der Waals surface area contributed by atoms with E-state index in [-0.39, 0.29) is 12.5 Å². The van der Waals surface area contributed by atoms with Crippen molar-refractivity contribution in [1.29, 1.82) is 0 Å². The Labute approximate surface area is 192 Å². The number of halogens is 3. The average molecular weight is 471 g/mol. The molecule has 3 amide bonds. The molecule has 3 aromatic rings. The lowest BCUT2D eigenvalue weighted by atomic mass is 10.1. The van der Waals surface area contributed by atoms with Crippen LogP contribution in [0.3, 0.4) is 0 Å². The summed E-state index contributed by atoms with van der Waals surface area (Å²) in [6, 6.07) is 15.0. The number of hydrogen-bond donors (Lipinski definition) is 3. The second-order valence-electron chi connectivity index (χ2n) is 7.51. The molecule has 0 saturated heterocycles. The predicted molar refractivity (Wildman–Crippen MR) is 119 cm³/mol. The van der Waals surface area contributed by atoms with Gasteiger partial charge in [-0.1, -0.05) is 24.3 Å². The highest BCUT2D eigenvalue weighted by Gasteiger charge is 2.34. The van der Waals surface area contributed by atoms with Gasteiger partial charge >= 0.3 is 12.2 Å². The number of urea groups is 1. The Morgan fingerprint density at radius 2 is 1.65 bits per heavy atom. The summed E-state index contributed by atoms with van der Waals surface area (Å²) in [7, 11) is 0. The summed E-state index contributed by atoms with van der Waals surface area (Å²) in [4.78, 5) is 24.7. The highest BCUT2D eigenvalue weighted by molar-refractivity contribution is 6.04. The first-order chi connectivity index (χ1) is 16.2. The highest BCUT2D eigenvalue weighted by atomic mass is 19.4. The van der Waals surface area contributed by atoms with Crippen LogP contribution in [0.2, 0.25) is 0 Å². The van der Waals surface area contributed by atoms with Gasteiger partial charge in [-0.15, -0.1) is 0 Å². The van der Waals surface area contributed by atoms with Crippen molar-refractivity contribution in [2.45, 2.75) is 19.1 Å². The smallest absolute Gasteiger partial charge is 0.418 e. The lowest BCUT2D eigenvalue weighted by Crippen LogP contribution is -2.32. The maximum Gasteiger partial charge on any atom is 0.418 e. The molecule has 1 unspecified atom stereocenters. The molecule has 0 bridgehead atoms. The fraction of sp³-hybridized carbons (Fsp3) is 0.167. The Balaban J connectivity index is 1.47. The van der Waals surface area contributed by atoms with Gasteiger partial charge < -0.3 is 25.4 Å². The number of hydrogen-bond acceptors (Lipinski definition) is 4. The normalized spacial score (nSPS) is 13.2. The van der Waals surface area contributed by atoms with Crippen LogP contribution in [0, 0.1) is 0 Å². The van der Waals surface area contributed by atoms with Crippen LogP contribution in [0.4, 0.5) is 29.3 Å². The molecule has 4 rings (SSSR count). The fourth-order valence-electron chi connectivity index (χ4n) is 3.38. The van der Waals surface area contributed by atoms with Crippen LogP contribution in [0.1, 0.15) is 34.5 Å². The first kappa shape index (κ1) is 23.0. The maximum atomic E-state index is 13.7. The van der Waals surface area contributed by atoms with Gasteiger partial charge in [-0.05, 0) is 55.0 Å². The number of carbonyl (C=O) groups is 2. The summed E-state index contributed by atoms with van der Waals surface area (Å²) in [5, 5.41) is 7.28. The minimum absolute atomic E-state index is 0.0548. The van der Waals surface area contributed by atoms with Crippen molar-refractivity contribution in [1.82, 2.24) is 5.32 Å². The van der Waals surface area contributed by atoms with E-state index >= 15 is 0 Å². The molecule has 10 heteroatoms. The van der Waals surface area contributed by atoms with Crippen LogP contribution in [-0.4, -0.2) is 18.7 Å². The van der Waals surface area contributed by atoms with Crippen LogP contribution in [-0.2, 0) is 6.18 Å². The summed E-state index contributed by atoms with van der Waals surface area (Å²) in [5.41, 5.74) is -0.602. The predicted octanol–water partition coefficient (Wildman–Crippen LogP) is 5.57. The zero-order valence-corrected chi connectivity index (χ0v) is 17.9. The van der Waals surface area contributed by atoms with Gasteiger partial charge in [0.2, 0.25) is 6.79 Å². The van der Waals surface area contributed by atoms with E-state index in [4.69, 9.17) is 9.47 Å². The number of alkyl halides is 3. The molecular weight excluding hydrogens is 451 g/mol. The molecule has 176 valence electrons. The Morgan fingerprint density at radius 1 is 0.912 bits per heavy atom. The van der Waals surface area contributed by atoms with E-state index in [1.807, 2.05) is 0 Å². The first-order valence-electron chi connectivity index (χ1n) is 10.3. The number of amides is 3. The monoisotopic (exact) mass is 471 g/mol. The van der Waals surface area contributed by atoms with Gasteiger partial charge in [0.1, 0.15) is 0 Å². The third kappa shape index (κ3) is 5.22. The largest absolute Gasteiger partial charge is 0.454 e. The summed E-state index contributed by atoms with van der Waals surface area (Å²) in [6.45, 7) is 1.78. The van der Waals surface area contributed by atoms with Gasteiger partial charge in [0.25, 0.3) is 5.91 Å². The molecule has 0 aromatic heterocycles. The van der Waals surface area contributed by atoms with Crippen LogP contribution >= 0.6 is 0 Å². The van der Waals surface area contributed by atoms with Crippen molar-refractivity contribution < 1.29 is 32.2 Å². The molecule has 0 spiro atoms. The lowest BCUT2D eigenvalue weighted by Gasteiger charge is -2.18. The molecule has 0 radical (unpaired) electrons. The highest BCUT2D eigenvalue weighted by Crippen LogP contribution is 2.37. The number of rotatable bonds is 5. The van der Waals surface area contributed by atoms with Crippen LogP contribution < -0.4 is 25.4 Å². The summed E-state index contributed by atoms with van der Waals surface area (Å²) < 4.78 is 51.6. The van der Waals surface area contributed by atoms with Crippen LogP contribution in [0.25, 0.3) is 0 Å². The second-order valence-corrected chi connectivity index (χ2v) is 7.51. The molecule has 34 heavy (non-hydrogen) atoms. The molecule has 0 aliphatic carbocycles. The number of nitrogens with one attached hydrogen (secondary N) is 3. The summed E-state index contributed by atoms with van der Waals surface area (Å²) >= 11 is 0. The molecule has 1 atom stereocenters. The SMILES string of the molecule is CC(NC(=O)Nc1ccc(NC(=O)c2ccccc2)cc1C(F)(F)F)c1ccc2c(c1)OCO2. The molecule has 1 heterocycles. The van der Waals surface area contributed by atoms with Gasteiger partial charge in [0, 0.05) is 11.3 Å². The minimum Gasteiger partial charge on any atom is -0.454 e. The molecule has 0 saturated carbocycles. The Hall–Kier alpha value is -4.21. The van der Waals surface area contributed by atoms with Crippen LogP contribution in [0.15, 0.2) is 66.7 Å². The Morgan fingerprint density at radius 3 is 2.38 bits per heavy atom. The van der Waals surface area contributed by atoms with E-state index in [2.05, 4.69) is 16.0 Å². The number of carbonyl (C=O) groups excluding carboxylic acids is 2. The number of anilines is 2. The number of fused-ring (bicyclic) bond motifs is 1. The number of ether oxygens (including phenoxy) is 2. The van der Waals surface area contributed by atoms with E-state index in [0.717, 1.165) is 12.1 Å². The van der Waals surface area contributed by atoms with E-state index in [0.29, 0.717) is 22.6 Å². The van der Waals surface area contributed by atoms with Gasteiger partial charge in [-0.2, -0.15) is 13.2 Å². The minimum atomic E-state index is -4.76. The van der Waals surface area contributed by atoms with E-state index in [1.54, 1.807) is 55.5 Å². The van der Waals surface area contributed by atoms with Crippen molar-refractivity contribution in [3.8, 4) is 11.5 Å². The molecule has 3 aromatic carbocycles. The molecule has 3 N–H and O–H groups in total. The molecular formula is C24H20F3N3O4. The van der Waals surface area contributed by atoms with E-state index < -0.39 is 35.4 Å². The van der Waals surface area contributed by atoms with Crippen molar-refractivity contribution in [3.05, 3.63) is 83.4 Å². The fourth-order valence-corrected chi connectivity index (χ4v) is 3.38. The summed E-state index contributed by atoms with van der Waals surface area (Å²) in [5.74, 6) is 0.554. The van der Waals surface area contributed by atoms with Gasteiger partial charge in [0.05, 0.1) is 17.3 Å². The van der Waals surface area contributed by atoms with Crippen molar-refractivity contribution in [3.63, 3.8) is 0 Å². The quantitative estimate of drug-likeness (QED) is 0.454. The topological polar surface area (TPSA) is 88.7 Å². The number of benzene rings is 3. The molecule has 0 fully saturated rings. The first-order valence-corrected chi connectivity index (χ1v) is 10.3. The van der Waals surface area contributed by atoms with Crippen molar-refractivity contribution in [2.75, 3.05) is 17.4 Å². The average Bonchev–Trinajstić information content (AvgIpc) is 3.28. The van der Waals surface area contributed by atoms with Crippen molar-refractivity contribution in [2.24, 2.45) is 0 Å². The summed E-state index contributed by atoms with van der Waals surface area (Å²) in [6.07, 6.45) is -4.76. The van der Waals surface area contributed by atoms with E-state index in [9.17, 15) is 22.8 Å². The van der Waals surface area contributed by atoms with Crippen molar-refractivity contribution >= 4 is 23.3 Å². The van der Waals surface area contributed by atoms with Crippen LogP contribution in [0.5, 0.6) is 11.5 Å². The molecule has 1 aliphatic rings. The Kier molecular flexibility index (Phi) is 6.31. The maximum absolute atomic E-state index is 13.7. The third-order valence-corrected chi connectivity index (χ3v) is 5.11. The Bertz CT molecular complexity index is 1220. The zero-order chi connectivity index (χ0) is 24.3. The van der Waals surface area contributed by atoms with Gasteiger partial charge in [-0.25, -0.2) is 4.79 Å². The van der Waals surface area contributed by atoms with E-state index in [1.165, 1.54) is 6.07 Å². The molecule has 7 nitrogen and oxygen atoms in total. The standard InChI is InChI=1S/C24H20F3N3O4/c1-14(16-7-10-20-21(11-16)34-13-33-20)28-23(32)30-19-9-8-17(12-18(19)24(25,26)27)29-22(31)15-5-3-2-4-6-15/h2-12,14H,13H2,1H3,(H,29,31)(H2,28,30,32). The van der Waals surface area contributed by atoms with Gasteiger partial charge in [-0.3, -0.25) is 4.79 Å².